The number of unbranched alkanes of at least 4 members (excludes halogenated alkanes) is 2. The van der Waals surface area contributed by atoms with Crippen molar-refractivity contribution in [3.8, 4) is 0 Å². The molecule has 2 saturated carbocycles. The Kier molecular flexibility index (Phi) is 7.80. The van der Waals surface area contributed by atoms with Crippen molar-refractivity contribution in [1.82, 2.24) is 0 Å². The van der Waals surface area contributed by atoms with E-state index in [-0.39, 0.29) is 41.4 Å². The molecular weight excluding hydrogens is 507 g/mol. The zero-order chi connectivity index (χ0) is 27.2. The molecule has 2 fully saturated rings. The maximum absolute atomic E-state index is 12.6. The summed E-state index contributed by atoms with van der Waals surface area (Å²) in [6, 6.07) is 5.34. The number of hydrogen-bond acceptors (Lipinski definition) is 4. The van der Waals surface area contributed by atoms with Gasteiger partial charge in [0.15, 0.2) is 0 Å². The molecule has 0 radical (unpaired) electrons. The van der Waals surface area contributed by atoms with E-state index in [4.69, 9.17) is 0 Å². The maximum Gasteiger partial charge on any atom is 0.414 e. The van der Waals surface area contributed by atoms with Crippen molar-refractivity contribution in [3.05, 3.63) is 42.0 Å². The summed E-state index contributed by atoms with van der Waals surface area (Å²) in [7, 11) is -4.40. The van der Waals surface area contributed by atoms with Gasteiger partial charge >= 0.3 is 16.5 Å². The largest absolute Gasteiger partial charge is 0.414 e. The van der Waals surface area contributed by atoms with Crippen molar-refractivity contribution in [2.45, 2.75) is 95.4 Å². The SMILES string of the molecule is C=CC12CCc3cc(NS(=O)(=O)O)ccc3C1[C@@H](CCCCC[C@H](O)C(F)(F)F)C[C@@]1(C)C2CC[C@@H]1O. The number of hydrogen-bond donors (Lipinski definition) is 4. The van der Waals surface area contributed by atoms with Gasteiger partial charge in [0, 0.05) is 0 Å². The first-order valence-electron chi connectivity index (χ1n) is 13.2. The molecule has 10 heteroatoms. The van der Waals surface area contributed by atoms with Crippen LogP contribution in [-0.4, -0.2) is 41.6 Å². The van der Waals surface area contributed by atoms with Gasteiger partial charge < -0.3 is 10.2 Å². The lowest BCUT2D eigenvalue weighted by molar-refractivity contribution is -0.205. The second kappa shape index (κ2) is 10.2. The Morgan fingerprint density at radius 3 is 2.62 bits per heavy atom. The molecule has 208 valence electrons. The molecule has 4 N–H and O–H groups in total. The molecule has 0 aliphatic heterocycles. The lowest BCUT2D eigenvalue weighted by Gasteiger charge is -2.60. The van der Waals surface area contributed by atoms with E-state index in [0.717, 1.165) is 43.2 Å². The summed E-state index contributed by atoms with van der Waals surface area (Å²) in [5.74, 6) is 0.510. The second-order valence-corrected chi connectivity index (χ2v) is 12.8. The van der Waals surface area contributed by atoms with Gasteiger partial charge in [-0.15, -0.1) is 6.58 Å². The number of aryl methyl sites for hydroxylation is 1. The third-order valence-electron chi connectivity index (χ3n) is 9.55. The fourth-order valence-electron chi connectivity index (χ4n) is 8.00. The number of aliphatic hydroxyl groups is 2. The van der Waals surface area contributed by atoms with Gasteiger partial charge in [0.05, 0.1) is 11.8 Å². The third-order valence-corrected chi connectivity index (χ3v) is 10.0. The fraction of sp³-hybridized carbons (Fsp3) is 0.704. The highest BCUT2D eigenvalue weighted by molar-refractivity contribution is 7.87. The molecule has 3 aliphatic rings. The number of allylic oxidation sites excluding steroid dienone is 1. The van der Waals surface area contributed by atoms with Crippen LogP contribution in [0.5, 0.6) is 0 Å². The monoisotopic (exact) mass is 545 g/mol. The van der Waals surface area contributed by atoms with Gasteiger partial charge in [0.25, 0.3) is 0 Å². The number of fused-ring (bicyclic) bond motifs is 5. The first kappa shape index (κ1) is 28.4. The number of anilines is 1. The summed E-state index contributed by atoms with van der Waals surface area (Å²) in [4.78, 5) is 0. The van der Waals surface area contributed by atoms with E-state index >= 15 is 0 Å². The lowest BCUT2D eigenvalue weighted by atomic mass is 9.44. The molecule has 1 aromatic carbocycles. The van der Waals surface area contributed by atoms with E-state index in [1.807, 2.05) is 6.07 Å². The molecule has 0 aromatic heterocycles. The number of rotatable bonds is 9. The van der Waals surface area contributed by atoms with Crippen molar-refractivity contribution >= 4 is 16.0 Å². The number of aliphatic hydroxyl groups excluding tert-OH is 2. The summed E-state index contributed by atoms with van der Waals surface area (Å²) in [6.07, 6.45) is 0.773. The van der Waals surface area contributed by atoms with Crippen LogP contribution < -0.4 is 4.72 Å². The molecule has 0 saturated heterocycles. The molecule has 7 atom stereocenters. The standard InChI is InChI=1S/C27H38F3NO5S/c1-3-26-14-13-17-15-19(31-37(34,35)36)9-10-20(17)24(26)18(16-25(2)21(26)11-12-22(25)32)7-5-4-6-8-23(33)27(28,29)30/h3,9-10,15,18,21-24,31-33H,1,4-8,11-14,16H2,2H3,(H,34,35,36)/t18-,21?,22-,23-,24?,25-,26?/m0/s1. The lowest BCUT2D eigenvalue weighted by Crippen LogP contribution is -2.54. The molecule has 6 nitrogen and oxygen atoms in total. The van der Waals surface area contributed by atoms with Crippen molar-refractivity contribution in [1.29, 1.82) is 0 Å². The van der Waals surface area contributed by atoms with Crippen LogP contribution in [0.4, 0.5) is 18.9 Å². The molecule has 0 amide bonds. The normalized spacial score (nSPS) is 34.2. The van der Waals surface area contributed by atoms with Gasteiger partial charge in [0.1, 0.15) is 6.10 Å². The molecule has 3 aliphatic carbocycles. The number of alkyl halides is 3. The van der Waals surface area contributed by atoms with Gasteiger partial charge in [0.2, 0.25) is 0 Å². The van der Waals surface area contributed by atoms with Crippen LogP contribution in [0.2, 0.25) is 0 Å². The van der Waals surface area contributed by atoms with Crippen molar-refractivity contribution < 1.29 is 36.4 Å². The molecule has 4 rings (SSSR count). The quantitative estimate of drug-likeness (QED) is 0.179. The number of benzene rings is 1. The summed E-state index contributed by atoms with van der Waals surface area (Å²) in [5, 5.41) is 20.3. The Labute approximate surface area is 217 Å². The topological polar surface area (TPSA) is 107 Å². The van der Waals surface area contributed by atoms with Crippen LogP contribution in [0, 0.1) is 22.7 Å². The first-order chi connectivity index (χ1) is 17.2. The van der Waals surface area contributed by atoms with Gasteiger partial charge in [-0.2, -0.15) is 21.6 Å². The average molecular weight is 546 g/mol. The zero-order valence-corrected chi connectivity index (χ0v) is 22.0. The van der Waals surface area contributed by atoms with Crippen molar-refractivity contribution in [2.75, 3.05) is 4.72 Å². The highest BCUT2D eigenvalue weighted by atomic mass is 32.2. The average Bonchev–Trinajstić information content (AvgIpc) is 3.10. The van der Waals surface area contributed by atoms with E-state index in [1.54, 1.807) is 12.1 Å². The maximum atomic E-state index is 12.6. The number of halogens is 3. The Morgan fingerprint density at radius 1 is 1.24 bits per heavy atom. The summed E-state index contributed by atoms with van der Waals surface area (Å²) < 4.78 is 71.9. The highest BCUT2D eigenvalue weighted by Crippen LogP contribution is 2.69. The Balaban J connectivity index is 1.61. The van der Waals surface area contributed by atoms with E-state index in [2.05, 4.69) is 24.3 Å². The van der Waals surface area contributed by atoms with E-state index in [9.17, 15) is 36.4 Å². The zero-order valence-electron chi connectivity index (χ0n) is 21.2. The fourth-order valence-corrected chi connectivity index (χ4v) is 8.43. The smallest absolute Gasteiger partial charge is 0.393 e. The van der Waals surface area contributed by atoms with Crippen LogP contribution in [0.3, 0.4) is 0 Å². The first-order valence-corrected chi connectivity index (χ1v) is 14.6. The van der Waals surface area contributed by atoms with Crippen LogP contribution in [-0.2, 0) is 16.7 Å². The Hall–Kier alpha value is -1.62. The molecule has 3 unspecified atom stereocenters. The van der Waals surface area contributed by atoms with Gasteiger partial charge in [-0.3, -0.25) is 9.27 Å². The molecule has 1 aromatic rings. The predicted octanol–water partition coefficient (Wildman–Crippen LogP) is 5.77. The van der Waals surface area contributed by atoms with Gasteiger partial charge in [-0.05, 0) is 96.8 Å². The van der Waals surface area contributed by atoms with Crippen LogP contribution in [0.1, 0.15) is 81.8 Å². The predicted molar refractivity (Wildman–Crippen MR) is 135 cm³/mol. The summed E-state index contributed by atoms with van der Waals surface area (Å²) in [5.41, 5.74) is 1.91. The van der Waals surface area contributed by atoms with Crippen LogP contribution in [0.15, 0.2) is 30.9 Å². The van der Waals surface area contributed by atoms with Gasteiger partial charge in [-0.1, -0.05) is 38.3 Å². The summed E-state index contributed by atoms with van der Waals surface area (Å²) >= 11 is 0. The van der Waals surface area contributed by atoms with E-state index in [1.165, 1.54) is 0 Å². The minimum absolute atomic E-state index is 0.0951. The van der Waals surface area contributed by atoms with Crippen molar-refractivity contribution in [2.24, 2.45) is 22.7 Å². The number of nitrogens with one attached hydrogen (secondary N) is 1. The second-order valence-electron chi connectivity index (χ2n) is 11.6. The van der Waals surface area contributed by atoms with Crippen LogP contribution >= 0.6 is 0 Å². The molecule has 0 bridgehead atoms. The Morgan fingerprint density at radius 2 is 1.97 bits per heavy atom. The van der Waals surface area contributed by atoms with E-state index < -0.39 is 28.7 Å². The molecular formula is C27H38F3NO5S. The summed E-state index contributed by atoms with van der Waals surface area (Å²) in [6.45, 7) is 6.43. The third kappa shape index (κ3) is 5.44. The Bertz CT molecular complexity index is 1110. The van der Waals surface area contributed by atoms with Crippen LogP contribution in [0.25, 0.3) is 0 Å². The molecule has 37 heavy (non-hydrogen) atoms. The van der Waals surface area contributed by atoms with E-state index in [0.29, 0.717) is 24.9 Å². The highest BCUT2D eigenvalue weighted by Gasteiger charge is 2.63. The molecule has 0 heterocycles. The molecule has 0 spiro atoms. The van der Waals surface area contributed by atoms with Crippen molar-refractivity contribution in [3.63, 3.8) is 0 Å². The minimum atomic E-state index is -4.59. The van der Waals surface area contributed by atoms with Gasteiger partial charge in [-0.25, -0.2) is 0 Å². The minimum Gasteiger partial charge on any atom is -0.393 e.